The summed E-state index contributed by atoms with van der Waals surface area (Å²) in [7, 11) is 0. The second-order valence-corrected chi connectivity index (χ2v) is 5.98. The van der Waals surface area contributed by atoms with Gasteiger partial charge in [0.25, 0.3) is 0 Å². The van der Waals surface area contributed by atoms with Crippen molar-refractivity contribution in [1.29, 1.82) is 0 Å². The highest BCUT2D eigenvalue weighted by molar-refractivity contribution is 5.93. The SMILES string of the molecule is O=C(/C=C/c1cc(O)cc(O)c1)CCCc1c[nH]c2ccc(O)cc12. The van der Waals surface area contributed by atoms with E-state index in [2.05, 4.69) is 4.98 Å². The van der Waals surface area contributed by atoms with Crippen molar-refractivity contribution in [3.05, 3.63) is 59.8 Å². The molecule has 0 aliphatic rings. The zero-order valence-electron chi connectivity index (χ0n) is 13.6. The van der Waals surface area contributed by atoms with Gasteiger partial charge < -0.3 is 20.3 Å². The predicted octanol–water partition coefficient (Wildman–Crippen LogP) is 3.89. The fourth-order valence-electron chi connectivity index (χ4n) is 2.81. The third kappa shape index (κ3) is 4.20. The maximum Gasteiger partial charge on any atom is 0.155 e. The van der Waals surface area contributed by atoms with E-state index in [4.69, 9.17) is 0 Å². The van der Waals surface area contributed by atoms with E-state index in [1.54, 1.807) is 18.2 Å². The second-order valence-electron chi connectivity index (χ2n) is 5.98. The van der Waals surface area contributed by atoms with E-state index in [9.17, 15) is 20.1 Å². The van der Waals surface area contributed by atoms with Gasteiger partial charge in [-0.3, -0.25) is 4.79 Å². The Morgan fingerprint density at radius 1 is 1.00 bits per heavy atom. The number of carbonyl (C=O) groups excluding carboxylic acids is 1. The molecule has 0 fully saturated rings. The molecule has 0 aliphatic heterocycles. The highest BCUT2D eigenvalue weighted by Crippen LogP contribution is 2.24. The van der Waals surface area contributed by atoms with Gasteiger partial charge in [0, 0.05) is 29.6 Å². The normalized spacial score (nSPS) is 11.4. The number of phenolic OH excluding ortho intramolecular Hbond substituents is 3. The summed E-state index contributed by atoms with van der Waals surface area (Å²) in [5.41, 5.74) is 2.60. The Morgan fingerprint density at radius 3 is 2.52 bits per heavy atom. The molecule has 0 saturated carbocycles. The zero-order chi connectivity index (χ0) is 17.8. The van der Waals surface area contributed by atoms with E-state index >= 15 is 0 Å². The van der Waals surface area contributed by atoms with Crippen LogP contribution in [0.25, 0.3) is 17.0 Å². The number of fused-ring (bicyclic) bond motifs is 1. The largest absolute Gasteiger partial charge is 0.508 e. The molecule has 0 amide bonds. The fourth-order valence-corrected chi connectivity index (χ4v) is 2.81. The van der Waals surface area contributed by atoms with Crippen LogP contribution in [0.2, 0.25) is 0 Å². The number of phenols is 3. The van der Waals surface area contributed by atoms with Crippen molar-refractivity contribution in [2.24, 2.45) is 0 Å². The van der Waals surface area contributed by atoms with Crippen LogP contribution in [0.3, 0.4) is 0 Å². The molecule has 4 N–H and O–H groups in total. The number of benzene rings is 2. The van der Waals surface area contributed by atoms with Crippen LogP contribution in [0.5, 0.6) is 17.2 Å². The van der Waals surface area contributed by atoms with Gasteiger partial charge in [-0.25, -0.2) is 0 Å². The summed E-state index contributed by atoms with van der Waals surface area (Å²) >= 11 is 0. The summed E-state index contributed by atoms with van der Waals surface area (Å²) in [5, 5.41) is 29.4. The van der Waals surface area contributed by atoms with Crippen molar-refractivity contribution in [2.75, 3.05) is 0 Å². The molecule has 0 spiro atoms. The minimum absolute atomic E-state index is 0.0227. The molecule has 0 bridgehead atoms. The van der Waals surface area contributed by atoms with Crippen LogP contribution in [-0.2, 0) is 11.2 Å². The van der Waals surface area contributed by atoms with Crippen molar-refractivity contribution in [3.8, 4) is 17.2 Å². The van der Waals surface area contributed by atoms with E-state index in [0.717, 1.165) is 22.9 Å². The molecule has 5 heteroatoms. The molecule has 1 heterocycles. The van der Waals surface area contributed by atoms with E-state index < -0.39 is 0 Å². The minimum Gasteiger partial charge on any atom is -0.508 e. The van der Waals surface area contributed by atoms with Crippen LogP contribution >= 0.6 is 0 Å². The topological polar surface area (TPSA) is 93.5 Å². The molecule has 0 atom stereocenters. The lowest BCUT2D eigenvalue weighted by Gasteiger charge is -2.00. The van der Waals surface area contributed by atoms with Gasteiger partial charge in [0.15, 0.2) is 5.78 Å². The molecule has 0 unspecified atom stereocenters. The third-order valence-electron chi connectivity index (χ3n) is 4.01. The molecule has 1 aromatic heterocycles. The van der Waals surface area contributed by atoms with E-state index in [-0.39, 0.29) is 23.0 Å². The van der Waals surface area contributed by atoms with E-state index in [1.165, 1.54) is 24.3 Å². The number of nitrogens with one attached hydrogen (secondary N) is 1. The summed E-state index contributed by atoms with van der Waals surface area (Å²) in [4.78, 5) is 15.1. The summed E-state index contributed by atoms with van der Waals surface area (Å²) in [6.07, 6.45) is 6.75. The van der Waals surface area contributed by atoms with E-state index in [1.807, 2.05) is 12.3 Å². The number of hydrogen-bond acceptors (Lipinski definition) is 4. The zero-order valence-corrected chi connectivity index (χ0v) is 13.6. The van der Waals surface area contributed by atoms with Gasteiger partial charge in [-0.1, -0.05) is 6.08 Å². The maximum atomic E-state index is 12.0. The van der Waals surface area contributed by atoms with Crippen molar-refractivity contribution in [3.63, 3.8) is 0 Å². The van der Waals surface area contributed by atoms with Crippen LogP contribution in [0.1, 0.15) is 24.0 Å². The van der Waals surface area contributed by atoms with Gasteiger partial charge in [0.2, 0.25) is 0 Å². The first-order chi connectivity index (χ1) is 12.0. The molecule has 0 radical (unpaired) electrons. The number of hydrogen-bond donors (Lipinski definition) is 4. The van der Waals surface area contributed by atoms with Crippen molar-refractivity contribution in [2.45, 2.75) is 19.3 Å². The molecule has 0 saturated heterocycles. The summed E-state index contributed by atoms with van der Waals surface area (Å²) in [6, 6.07) is 9.36. The van der Waals surface area contributed by atoms with Crippen LogP contribution in [0.15, 0.2) is 48.7 Å². The highest BCUT2D eigenvalue weighted by Gasteiger charge is 2.06. The first-order valence-corrected chi connectivity index (χ1v) is 8.04. The summed E-state index contributed by atoms with van der Waals surface area (Å²) in [6.45, 7) is 0. The number of aromatic amines is 1. The van der Waals surface area contributed by atoms with Gasteiger partial charge in [-0.2, -0.15) is 0 Å². The number of aryl methyl sites for hydroxylation is 1. The molecule has 25 heavy (non-hydrogen) atoms. The molecule has 3 aromatic rings. The monoisotopic (exact) mass is 337 g/mol. The number of allylic oxidation sites excluding steroid dienone is 1. The minimum atomic E-state index is -0.0466. The molecule has 3 rings (SSSR count). The Morgan fingerprint density at radius 2 is 1.76 bits per heavy atom. The fraction of sp³-hybridized carbons (Fsp3) is 0.150. The standard InChI is InChI=1S/C20H19NO4/c22-15(5-4-13-8-17(24)10-18(25)9-13)3-1-2-14-12-21-20-7-6-16(23)11-19(14)20/h4-12,21,23-25H,1-3H2/b5-4+. The molecule has 5 nitrogen and oxygen atoms in total. The second kappa shape index (κ2) is 7.13. The Labute approximate surface area is 144 Å². The lowest BCUT2D eigenvalue weighted by molar-refractivity contribution is -0.114. The number of H-pyrrole nitrogens is 1. The van der Waals surface area contributed by atoms with Crippen LogP contribution in [0, 0.1) is 0 Å². The molecule has 128 valence electrons. The maximum absolute atomic E-state index is 12.0. The predicted molar refractivity (Wildman–Crippen MR) is 96.7 cm³/mol. The van der Waals surface area contributed by atoms with E-state index in [0.29, 0.717) is 18.4 Å². The molecular formula is C20H19NO4. The van der Waals surface area contributed by atoms with Crippen molar-refractivity contribution < 1.29 is 20.1 Å². The van der Waals surface area contributed by atoms with Crippen molar-refractivity contribution in [1.82, 2.24) is 4.98 Å². The number of rotatable bonds is 6. The number of carbonyl (C=O) groups is 1. The molecule has 2 aromatic carbocycles. The van der Waals surface area contributed by atoms with Crippen LogP contribution in [0.4, 0.5) is 0 Å². The lowest BCUT2D eigenvalue weighted by Crippen LogP contribution is -1.94. The summed E-state index contributed by atoms with van der Waals surface area (Å²) in [5.74, 6) is 0.108. The molecular weight excluding hydrogens is 318 g/mol. The number of aromatic nitrogens is 1. The van der Waals surface area contributed by atoms with Crippen LogP contribution < -0.4 is 0 Å². The van der Waals surface area contributed by atoms with Gasteiger partial charge in [0.1, 0.15) is 17.2 Å². The van der Waals surface area contributed by atoms with Crippen molar-refractivity contribution >= 4 is 22.8 Å². The first kappa shape index (κ1) is 16.6. The average molecular weight is 337 g/mol. The third-order valence-corrected chi connectivity index (χ3v) is 4.01. The Balaban J connectivity index is 1.57. The number of ketones is 1. The Hall–Kier alpha value is -3.21. The number of aromatic hydroxyl groups is 3. The van der Waals surface area contributed by atoms with Gasteiger partial charge in [0.05, 0.1) is 0 Å². The molecule has 0 aliphatic carbocycles. The quantitative estimate of drug-likeness (QED) is 0.513. The van der Waals surface area contributed by atoms with Crippen LogP contribution in [-0.4, -0.2) is 26.1 Å². The Kier molecular flexibility index (Phi) is 4.75. The van der Waals surface area contributed by atoms with Gasteiger partial charge in [-0.05, 0) is 60.4 Å². The summed E-state index contributed by atoms with van der Waals surface area (Å²) < 4.78 is 0. The smallest absolute Gasteiger partial charge is 0.155 e. The highest BCUT2D eigenvalue weighted by atomic mass is 16.3. The average Bonchev–Trinajstić information content (AvgIpc) is 2.94. The lowest BCUT2D eigenvalue weighted by atomic mass is 10.0. The Bertz CT molecular complexity index is 920. The first-order valence-electron chi connectivity index (χ1n) is 8.04. The van der Waals surface area contributed by atoms with Gasteiger partial charge in [-0.15, -0.1) is 0 Å². The van der Waals surface area contributed by atoms with Gasteiger partial charge >= 0.3 is 0 Å².